The monoisotopic (exact) mass is 267 g/mol. The first-order chi connectivity index (χ1) is 9.63. The van der Waals surface area contributed by atoms with Crippen LogP contribution in [0.15, 0.2) is 48.7 Å². The summed E-state index contributed by atoms with van der Waals surface area (Å²) in [6.07, 6.45) is 1.71. The molecule has 1 amide bonds. The van der Waals surface area contributed by atoms with Crippen LogP contribution in [0.2, 0.25) is 0 Å². The maximum atomic E-state index is 12.1. The van der Waals surface area contributed by atoms with Gasteiger partial charge in [-0.05, 0) is 43.3 Å². The number of carbonyl (C=O) groups excluding carboxylic acids is 1. The van der Waals surface area contributed by atoms with Crippen molar-refractivity contribution in [2.45, 2.75) is 6.92 Å². The lowest BCUT2D eigenvalue weighted by Crippen LogP contribution is -2.12. The van der Waals surface area contributed by atoms with Crippen molar-refractivity contribution >= 4 is 17.2 Å². The third-order valence-corrected chi connectivity index (χ3v) is 3.05. The second-order valence-corrected chi connectivity index (χ2v) is 4.52. The highest BCUT2D eigenvalue weighted by Gasteiger charge is 2.11. The topological polar surface area (TPSA) is 66.6 Å². The number of amides is 1. The third-order valence-electron chi connectivity index (χ3n) is 3.05. The number of pyridine rings is 1. The second-order valence-electron chi connectivity index (χ2n) is 4.52. The molecule has 0 radical (unpaired) electrons. The summed E-state index contributed by atoms with van der Waals surface area (Å²) in [5.41, 5.74) is 2.72. The van der Waals surface area contributed by atoms with E-state index in [0.29, 0.717) is 11.4 Å². The molecule has 0 atom stereocenters. The van der Waals surface area contributed by atoms with Gasteiger partial charge in [-0.15, -0.1) is 0 Å². The average Bonchev–Trinajstić information content (AvgIpc) is 2.87. The minimum atomic E-state index is -0.279. The number of nitrogens with one attached hydrogen (secondary N) is 1. The van der Waals surface area contributed by atoms with Crippen molar-refractivity contribution < 1.29 is 9.90 Å². The van der Waals surface area contributed by atoms with E-state index >= 15 is 0 Å². The van der Waals surface area contributed by atoms with Crippen LogP contribution in [0.4, 0.5) is 5.69 Å². The van der Waals surface area contributed by atoms with Gasteiger partial charge in [-0.3, -0.25) is 4.79 Å². The van der Waals surface area contributed by atoms with Crippen molar-refractivity contribution in [3.8, 4) is 5.75 Å². The number of anilines is 1. The molecule has 100 valence electrons. The first-order valence-corrected chi connectivity index (χ1v) is 6.18. The summed E-state index contributed by atoms with van der Waals surface area (Å²) in [5, 5.41) is 11.9. The van der Waals surface area contributed by atoms with Crippen LogP contribution in [0.1, 0.15) is 16.2 Å². The number of phenols is 1. The normalized spacial score (nSPS) is 10.7. The molecule has 0 aliphatic carbocycles. The Labute approximate surface area is 115 Å². The van der Waals surface area contributed by atoms with E-state index in [2.05, 4.69) is 10.3 Å². The minimum Gasteiger partial charge on any atom is -0.508 e. The molecule has 20 heavy (non-hydrogen) atoms. The van der Waals surface area contributed by atoms with E-state index in [4.69, 9.17) is 0 Å². The third kappa shape index (κ3) is 2.21. The number of hydrogen-bond donors (Lipinski definition) is 2. The van der Waals surface area contributed by atoms with E-state index < -0.39 is 0 Å². The molecule has 0 fully saturated rings. The summed E-state index contributed by atoms with van der Waals surface area (Å²) in [4.78, 5) is 16.4. The Kier molecular flexibility index (Phi) is 2.87. The van der Waals surface area contributed by atoms with E-state index in [-0.39, 0.29) is 11.7 Å². The highest BCUT2D eigenvalue weighted by Crippen LogP contribution is 2.15. The number of rotatable bonds is 2. The van der Waals surface area contributed by atoms with Crippen molar-refractivity contribution in [3.63, 3.8) is 0 Å². The van der Waals surface area contributed by atoms with Gasteiger partial charge in [-0.2, -0.15) is 0 Å². The highest BCUT2D eigenvalue weighted by molar-refractivity contribution is 6.03. The number of carbonyl (C=O) groups is 1. The molecular formula is C15H13N3O2. The molecule has 3 aromatic rings. The van der Waals surface area contributed by atoms with Crippen LogP contribution in [0.5, 0.6) is 5.75 Å². The van der Waals surface area contributed by atoms with Crippen molar-refractivity contribution in [2.24, 2.45) is 0 Å². The summed E-state index contributed by atoms with van der Waals surface area (Å²) in [6, 6.07) is 12.0. The minimum absolute atomic E-state index is 0.159. The van der Waals surface area contributed by atoms with E-state index in [9.17, 15) is 9.90 Å². The maximum Gasteiger partial charge on any atom is 0.275 e. The lowest BCUT2D eigenvalue weighted by atomic mass is 10.3. The number of imidazole rings is 1. The highest BCUT2D eigenvalue weighted by atomic mass is 16.3. The van der Waals surface area contributed by atoms with Gasteiger partial charge >= 0.3 is 0 Å². The Hall–Kier alpha value is -2.82. The lowest BCUT2D eigenvalue weighted by molar-refractivity contribution is 0.102. The summed E-state index contributed by atoms with van der Waals surface area (Å²) in [6.45, 7) is 1.95. The molecule has 0 aliphatic rings. The zero-order chi connectivity index (χ0) is 14.1. The molecule has 3 rings (SSSR count). The second kappa shape index (κ2) is 4.70. The van der Waals surface area contributed by atoms with Gasteiger partial charge in [0.25, 0.3) is 5.91 Å². The van der Waals surface area contributed by atoms with Crippen LogP contribution in [0.25, 0.3) is 5.65 Å². The van der Waals surface area contributed by atoms with E-state index in [1.165, 1.54) is 12.1 Å². The number of aromatic nitrogens is 2. The van der Waals surface area contributed by atoms with Crippen LogP contribution < -0.4 is 5.32 Å². The fourth-order valence-corrected chi connectivity index (χ4v) is 2.00. The van der Waals surface area contributed by atoms with Gasteiger partial charge in [-0.25, -0.2) is 4.98 Å². The Morgan fingerprint density at radius 2 is 1.95 bits per heavy atom. The van der Waals surface area contributed by atoms with Crippen molar-refractivity contribution in [1.82, 2.24) is 9.38 Å². The number of fused-ring (bicyclic) bond motifs is 1. The van der Waals surface area contributed by atoms with Gasteiger partial charge < -0.3 is 14.8 Å². The quantitative estimate of drug-likeness (QED) is 0.701. The number of benzene rings is 1. The first-order valence-electron chi connectivity index (χ1n) is 6.18. The van der Waals surface area contributed by atoms with Gasteiger partial charge in [-0.1, -0.05) is 6.07 Å². The smallest absolute Gasteiger partial charge is 0.275 e. The standard InChI is InChI=1S/C15H13N3O2/c1-10-3-2-4-14-17-13(9-18(10)14)15(20)16-11-5-7-12(19)8-6-11/h2-9,19H,1H3,(H,16,20). The lowest BCUT2D eigenvalue weighted by Gasteiger charge is -2.02. The number of aromatic hydroxyl groups is 1. The van der Waals surface area contributed by atoms with E-state index in [0.717, 1.165) is 11.3 Å². The SMILES string of the molecule is Cc1cccc2nc(C(=O)Nc3ccc(O)cc3)cn12. The number of phenolic OH excluding ortho intramolecular Hbond substituents is 1. The van der Waals surface area contributed by atoms with Crippen LogP contribution in [0.3, 0.4) is 0 Å². The fourth-order valence-electron chi connectivity index (χ4n) is 2.00. The number of hydrogen-bond acceptors (Lipinski definition) is 3. The molecular weight excluding hydrogens is 254 g/mol. The van der Waals surface area contributed by atoms with Gasteiger partial charge in [0.2, 0.25) is 0 Å². The van der Waals surface area contributed by atoms with Crippen molar-refractivity contribution in [3.05, 3.63) is 60.0 Å². The molecule has 0 spiro atoms. The van der Waals surface area contributed by atoms with Crippen LogP contribution in [-0.4, -0.2) is 20.4 Å². The summed E-state index contributed by atoms with van der Waals surface area (Å²) < 4.78 is 1.87. The molecule has 2 aromatic heterocycles. The molecule has 0 saturated carbocycles. The molecule has 2 N–H and O–H groups in total. The zero-order valence-electron chi connectivity index (χ0n) is 10.9. The number of aryl methyl sites for hydroxylation is 1. The van der Waals surface area contributed by atoms with Gasteiger partial charge in [0.1, 0.15) is 17.1 Å². The summed E-state index contributed by atoms with van der Waals surface area (Å²) >= 11 is 0. The molecule has 0 saturated heterocycles. The van der Waals surface area contributed by atoms with Crippen molar-refractivity contribution in [2.75, 3.05) is 5.32 Å². The van der Waals surface area contributed by atoms with Gasteiger partial charge in [0, 0.05) is 17.6 Å². The predicted molar refractivity (Wildman–Crippen MR) is 76.0 cm³/mol. The van der Waals surface area contributed by atoms with Gasteiger partial charge in [0.15, 0.2) is 0 Å². The largest absolute Gasteiger partial charge is 0.508 e. The molecule has 0 bridgehead atoms. The Bertz CT molecular complexity index is 775. The van der Waals surface area contributed by atoms with E-state index in [1.54, 1.807) is 18.3 Å². The molecule has 5 nitrogen and oxygen atoms in total. The summed E-state index contributed by atoms with van der Waals surface area (Å²) in [5.74, 6) is -0.120. The Balaban J connectivity index is 1.89. The Morgan fingerprint density at radius 1 is 1.20 bits per heavy atom. The van der Waals surface area contributed by atoms with Gasteiger partial charge in [0.05, 0.1) is 0 Å². The average molecular weight is 267 g/mol. The van der Waals surface area contributed by atoms with Crippen molar-refractivity contribution in [1.29, 1.82) is 0 Å². The molecule has 2 heterocycles. The maximum absolute atomic E-state index is 12.1. The number of nitrogens with zero attached hydrogens (tertiary/aromatic N) is 2. The first kappa shape index (κ1) is 12.2. The molecule has 0 aliphatic heterocycles. The predicted octanol–water partition coefficient (Wildman–Crippen LogP) is 2.60. The zero-order valence-corrected chi connectivity index (χ0v) is 10.9. The molecule has 5 heteroatoms. The molecule has 1 aromatic carbocycles. The summed E-state index contributed by atoms with van der Waals surface area (Å²) in [7, 11) is 0. The van der Waals surface area contributed by atoms with Crippen LogP contribution in [-0.2, 0) is 0 Å². The van der Waals surface area contributed by atoms with Crippen LogP contribution >= 0.6 is 0 Å². The molecule has 0 unspecified atom stereocenters. The van der Waals surface area contributed by atoms with E-state index in [1.807, 2.05) is 29.5 Å². The Morgan fingerprint density at radius 3 is 2.65 bits per heavy atom. The fraction of sp³-hybridized carbons (Fsp3) is 0.0667. The van der Waals surface area contributed by atoms with Crippen LogP contribution in [0, 0.1) is 6.92 Å².